The van der Waals surface area contributed by atoms with Crippen molar-refractivity contribution in [1.82, 2.24) is 4.98 Å². The summed E-state index contributed by atoms with van der Waals surface area (Å²) in [5, 5.41) is 0. The Morgan fingerprint density at radius 3 is 2.58 bits per heavy atom. The van der Waals surface area contributed by atoms with E-state index in [4.69, 9.17) is 14.2 Å². The van der Waals surface area contributed by atoms with Crippen LogP contribution in [0.25, 0.3) is 5.57 Å². The molecule has 0 N–H and O–H groups in total. The summed E-state index contributed by atoms with van der Waals surface area (Å²) < 4.78 is 17.4. The third kappa shape index (κ3) is 3.35. The molecular weight excluding hydrogens is 302 g/mol. The minimum atomic E-state index is -0.384. The van der Waals surface area contributed by atoms with Crippen LogP contribution in [0.2, 0.25) is 0 Å². The van der Waals surface area contributed by atoms with Crippen LogP contribution in [0.15, 0.2) is 54.6 Å². The average Bonchev–Trinajstić information content (AvgIpc) is 3.10. The van der Waals surface area contributed by atoms with Crippen molar-refractivity contribution in [3.63, 3.8) is 0 Å². The molecule has 1 saturated heterocycles. The maximum absolute atomic E-state index is 5.83. The van der Waals surface area contributed by atoms with E-state index in [0.717, 1.165) is 30.5 Å². The summed E-state index contributed by atoms with van der Waals surface area (Å²) in [5.41, 5.74) is 3.36. The van der Waals surface area contributed by atoms with Gasteiger partial charge in [-0.25, -0.2) is 4.98 Å². The molecule has 0 bridgehead atoms. The van der Waals surface area contributed by atoms with Crippen molar-refractivity contribution in [2.45, 2.75) is 31.7 Å². The molecule has 0 amide bonds. The number of ether oxygens (including phenoxy) is 3. The number of nitrogens with zero attached hydrogens (tertiary/aromatic N) is 1. The zero-order valence-electron chi connectivity index (χ0n) is 13.6. The van der Waals surface area contributed by atoms with Gasteiger partial charge in [0.05, 0.1) is 18.9 Å². The third-order valence-electron chi connectivity index (χ3n) is 4.53. The minimum Gasteiger partial charge on any atom is -0.473 e. The van der Waals surface area contributed by atoms with E-state index in [9.17, 15) is 0 Å². The maximum atomic E-state index is 5.83. The van der Waals surface area contributed by atoms with Gasteiger partial charge in [-0.1, -0.05) is 42.5 Å². The van der Waals surface area contributed by atoms with Gasteiger partial charge in [0.25, 0.3) is 0 Å². The molecule has 1 aliphatic carbocycles. The highest BCUT2D eigenvalue weighted by Crippen LogP contribution is 2.37. The van der Waals surface area contributed by atoms with Crippen LogP contribution in [0, 0.1) is 0 Å². The lowest BCUT2D eigenvalue weighted by molar-refractivity contribution is -0.159. The second kappa shape index (κ2) is 6.75. The minimum absolute atomic E-state index is 0.384. The average molecular weight is 323 g/mol. The first-order valence-electron chi connectivity index (χ1n) is 8.44. The fourth-order valence-electron chi connectivity index (χ4n) is 3.21. The molecule has 1 fully saturated rings. The van der Waals surface area contributed by atoms with Gasteiger partial charge in [0, 0.05) is 18.9 Å². The van der Waals surface area contributed by atoms with Gasteiger partial charge in [-0.2, -0.15) is 0 Å². The number of benzene rings is 1. The molecule has 1 spiro atoms. The zero-order valence-corrected chi connectivity index (χ0v) is 13.6. The van der Waals surface area contributed by atoms with Crippen LogP contribution >= 0.6 is 0 Å². The van der Waals surface area contributed by atoms with E-state index in [1.54, 1.807) is 0 Å². The Labute approximate surface area is 142 Å². The van der Waals surface area contributed by atoms with E-state index in [2.05, 4.69) is 23.2 Å². The van der Waals surface area contributed by atoms with Gasteiger partial charge in [0.15, 0.2) is 5.79 Å². The van der Waals surface area contributed by atoms with Crippen LogP contribution in [0.4, 0.5) is 0 Å². The first-order valence-corrected chi connectivity index (χ1v) is 8.44. The molecule has 0 saturated carbocycles. The van der Waals surface area contributed by atoms with E-state index in [1.807, 2.05) is 36.4 Å². The number of hydrogen-bond acceptors (Lipinski definition) is 4. The molecule has 4 heteroatoms. The zero-order chi connectivity index (χ0) is 16.2. The van der Waals surface area contributed by atoms with Crippen molar-refractivity contribution in [3.8, 4) is 5.88 Å². The molecule has 1 aliphatic heterocycles. The Kier molecular flexibility index (Phi) is 4.32. The van der Waals surface area contributed by atoms with Crippen molar-refractivity contribution in [1.29, 1.82) is 0 Å². The van der Waals surface area contributed by atoms with Crippen molar-refractivity contribution in [2.75, 3.05) is 13.2 Å². The van der Waals surface area contributed by atoms with Gasteiger partial charge >= 0.3 is 0 Å². The molecule has 1 aromatic heterocycles. The SMILES string of the molecule is C1=C(c2cccc(OCc3ccccc3)n2)CCC2(C1)OCCO2. The summed E-state index contributed by atoms with van der Waals surface area (Å²) in [6, 6.07) is 16.1. The molecule has 2 heterocycles. The molecule has 2 aromatic rings. The largest absolute Gasteiger partial charge is 0.473 e. The topological polar surface area (TPSA) is 40.6 Å². The number of aromatic nitrogens is 1. The number of pyridine rings is 1. The predicted octanol–water partition coefficient (Wildman–Crippen LogP) is 3.97. The van der Waals surface area contributed by atoms with E-state index >= 15 is 0 Å². The van der Waals surface area contributed by atoms with E-state index in [0.29, 0.717) is 25.7 Å². The highest BCUT2D eigenvalue weighted by molar-refractivity contribution is 5.64. The Morgan fingerprint density at radius 1 is 1.00 bits per heavy atom. The van der Waals surface area contributed by atoms with Crippen LogP contribution in [0.3, 0.4) is 0 Å². The molecule has 1 aromatic carbocycles. The van der Waals surface area contributed by atoms with Crippen molar-refractivity contribution < 1.29 is 14.2 Å². The number of allylic oxidation sites excluding steroid dienone is 1. The standard InChI is InChI=1S/C20H21NO3/c1-2-5-16(6-3-1)15-22-19-8-4-7-18(21-19)17-9-11-20(12-10-17)23-13-14-24-20/h1-9H,10-15H2. The van der Waals surface area contributed by atoms with Gasteiger partial charge in [-0.3, -0.25) is 0 Å². The van der Waals surface area contributed by atoms with Crippen molar-refractivity contribution in [2.24, 2.45) is 0 Å². The van der Waals surface area contributed by atoms with Gasteiger partial charge in [0.2, 0.25) is 5.88 Å². The summed E-state index contributed by atoms with van der Waals surface area (Å²) in [6.45, 7) is 1.93. The monoisotopic (exact) mass is 323 g/mol. The van der Waals surface area contributed by atoms with Crippen LogP contribution in [0.5, 0.6) is 5.88 Å². The molecule has 2 aliphatic rings. The quantitative estimate of drug-likeness (QED) is 0.853. The first kappa shape index (κ1) is 15.4. The molecule has 124 valence electrons. The van der Waals surface area contributed by atoms with Crippen LogP contribution in [-0.4, -0.2) is 24.0 Å². The lowest BCUT2D eigenvalue weighted by atomic mass is 9.92. The molecule has 24 heavy (non-hydrogen) atoms. The van der Waals surface area contributed by atoms with Gasteiger partial charge in [-0.05, 0) is 23.6 Å². The molecule has 0 radical (unpaired) electrons. The Balaban J connectivity index is 1.44. The smallest absolute Gasteiger partial charge is 0.214 e. The van der Waals surface area contributed by atoms with E-state index < -0.39 is 0 Å². The Bertz CT molecular complexity index is 721. The Morgan fingerprint density at radius 2 is 1.83 bits per heavy atom. The van der Waals surface area contributed by atoms with Gasteiger partial charge < -0.3 is 14.2 Å². The third-order valence-corrected chi connectivity index (χ3v) is 4.53. The Hall–Kier alpha value is -2.17. The summed E-state index contributed by atoms with van der Waals surface area (Å²) in [4.78, 5) is 4.65. The number of rotatable bonds is 4. The van der Waals surface area contributed by atoms with Crippen LogP contribution in [-0.2, 0) is 16.1 Å². The molecule has 0 atom stereocenters. The van der Waals surface area contributed by atoms with E-state index in [1.165, 1.54) is 5.57 Å². The molecule has 4 nitrogen and oxygen atoms in total. The lowest BCUT2D eigenvalue weighted by Crippen LogP contribution is -2.31. The fraction of sp³-hybridized carbons (Fsp3) is 0.350. The molecule has 4 rings (SSSR count). The van der Waals surface area contributed by atoms with E-state index in [-0.39, 0.29) is 5.79 Å². The van der Waals surface area contributed by atoms with Crippen LogP contribution in [0.1, 0.15) is 30.5 Å². The summed E-state index contributed by atoms with van der Waals surface area (Å²) in [7, 11) is 0. The highest BCUT2D eigenvalue weighted by atomic mass is 16.7. The summed E-state index contributed by atoms with van der Waals surface area (Å²) in [6.07, 6.45) is 4.78. The summed E-state index contributed by atoms with van der Waals surface area (Å²) in [5.74, 6) is 0.274. The predicted molar refractivity (Wildman–Crippen MR) is 91.5 cm³/mol. The summed E-state index contributed by atoms with van der Waals surface area (Å²) >= 11 is 0. The second-order valence-corrected chi connectivity index (χ2v) is 6.18. The maximum Gasteiger partial charge on any atom is 0.214 e. The van der Waals surface area contributed by atoms with Crippen molar-refractivity contribution in [3.05, 3.63) is 65.9 Å². The molecule has 0 unspecified atom stereocenters. The molecular formula is C20H21NO3. The lowest BCUT2D eigenvalue weighted by Gasteiger charge is -2.30. The first-order chi connectivity index (χ1) is 11.8. The normalized spacial score (nSPS) is 19.2. The van der Waals surface area contributed by atoms with Crippen molar-refractivity contribution >= 4 is 5.57 Å². The van der Waals surface area contributed by atoms with Gasteiger partial charge in [-0.15, -0.1) is 0 Å². The number of hydrogen-bond donors (Lipinski definition) is 0. The second-order valence-electron chi connectivity index (χ2n) is 6.18. The highest BCUT2D eigenvalue weighted by Gasteiger charge is 2.37. The van der Waals surface area contributed by atoms with Gasteiger partial charge in [0.1, 0.15) is 6.61 Å². The fourth-order valence-corrected chi connectivity index (χ4v) is 3.21. The van der Waals surface area contributed by atoms with Crippen LogP contribution < -0.4 is 4.74 Å².